The van der Waals surface area contributed by atoms with Crippen LogP contribution < -0.4 is 10.6 Å². The lowest BCUT2D eigenvalue weighted by Gasteiger charge is -2.08. The predicted octanol–water partition coefficient (Wildman–Crippen LogP) is 2.26. The molecule has 1 aromatic carbocycles. The molecule has 0 unspecified atom stereocenters. The van der Waals surface area contributed by atoms with Gasteiger partial charge in [0.05, 0.1) is 11.4 Å². The van der Waals surface area contributed by atoms with Crippen LogP contribution in [-0.4, -0.2) is 17.6 Å². The molecule has 2 aromatic rings. The number of anilines is 2. The SMILES string of the molecule is O=C1CC(=O)Nc2cc(C(=O)c3ccsc3)ccc2N1. The fourth-order valence-electron chi connectivity index (χ4n) is 1.99. The highest BCUT2D eigenvalue weighted by molar-refractivity contribution is 7.08. The van der Waals surface area contributed by atoms with E-state index >= 15 is 0 Å². The fraction of sp³-hybridized carbons (Fsp3) is 0.0714. The number of nitrogens with one attached hydrogen (secondary N) is 2. The van der Waals surface area contributed by atoms with Crippen LogP contribution in [0.3, 0.4) is 0 Å². The van der Waals surface area contributed by atoms with Crippen LogP contribution in [0.15, 0.2) is 35.0 Å². The third-order valence-electron chi connectivity index (χ3n) is 2.93. The number of thiophene rings is 1. The Morgan fingerprint density at radius 3 is 2.45 bits per heavy atom. The quantitative estimate of drug-likeness (QED) is 0.657. The number of benzene rings is 1. The Labute approximate surface area is 118 Å². The Morgan fingerprint density at radius 2 is 1.75 bits per heavy atom. The van der Waals surface area contributed by atoms with E-state index in [0.717, 1.165) is 0 Å². The fourth-order valence-corrected chi connectivity index (χ4v) is 2.63. The van der Waals surface area contributed by atoms with E-state index in [9.17, 15) is 14.4 Å². The van der Waals surface area contributed by atoms with Crippen molar-refractivity contribution < 1.29 is 14.4 Å². The molecule has 2 N–H and O–H groups in total. The van der Waals surface area contributed by atoms with Crippen LogP contribution >= 0.6 is 11.3 Å². The van der Waals surface area contributed by atoms with Gasteiger partial charge in [-0.3, -0.25) is 14.4 Å². The minimum absolute atomic E-state index is 0.112. The van der Waals surface area contributed by atoms with Gasteiger partial charge < -0.3 is 10.6 Å². The van der Waals surface area contributed by atoms with Gasteiger partial charge in [-0.25, -0.2) is 0 Å². The summed E-state index contributed by atoms with van der Waals surface area (Å²) in [6, 6.07) is 6.59. The molecule has 0 saturated heterocycles. The predicted molar refractivity (Wildman–Crippen MR) is 76.1 cm³/mol. The van der Waals surface area contributed by atoms with E-state index in [4.69, 9.17) is 0 Å². The molecule has 0 radical (unpaired) electrons. The monoisotopic (exact) mass is 286 g/mol. The second kappa shape index (κ2) is 4.90. The Bertz CT molecular complexity index is 707. The highest BCUT2D eigenvalue weighted by Crippen LogP contribution is 2.27. The molecule has 100 valence electrons. The summed E-state index contributed by atoms with van der Waals surface area (Å²) in [5.41, 5.74) is 2.03. The number of amides is 2. The maximum absolute atomic E-state index is 12.2. The largest absolute Gasteiger partial charge is 0.324 e. The van der Waals surface area contributed by atoms with Gasteiger partial charge in [-0.2, -0.15) is 11.3 Å². The Hall–Kier alpha value is -2.47. The second-order valence-electron chi connectivity index (χ2n) is 4.37. The molecule has 5 nitrogen and oxygen atoms in total. The first-order valence-corrected chi connectivity index (χ1v) is 6.88. The van der Waals surface area contributed by atoms with E-state index < -0.39 is 0 Å². The summed E-state index contributed by atoms with van der Waals surface area (Å²) in [6.45, 7) is 0. The van der Waals surface area contributed by atoms with E-state index in [-0.39, 0.29) is 24.0 Å². The van der Waals surface area contributed by atoms with Gasteiger partial charge >= 0.3 is 0 Å². The molecule has 1 aliphatic heterocycles. The van der Waals surface area contributed by atoms with Crippen molar-refractivity contribution in [2.24, 2.45) is 0 Å². The van der Waals surface area contributed by atoms with Crippen molar-refractivity contribution in [2.75, 3.05) is 10.6 Å². The zero-order chi connectivity index (χ0) is 14.1. The summed E-state index contributed by atoms with van der Waals surface area (Å²) in [4.78, 5) is 35.2. The Balaban J connectivity index is 1.99. The Morgan fingerprint density at radius 1 is 1.00 bits per heavy atom. The van der Waals surface area contributed by atoms with Crippen molar-refractivity contribution in [1.82, 2.24) is 0 Å². The van der Waals surface area contributed by atoms with E-state index in [2.05, 4.69) is 10.6 Å². The van der Waals surface area contributed by atoms with Crippen LogP contribution in [0.1, 0.15) is 22.3 Å². The molecule has 1 aliphatic rings. The standard InChI is InChI=1S/C14H10N2O3S/c17-12-6-13(18)16-11-5-8(1-2-10(11)15-12)14(19)9-3-4-20-7-9/h1-5,7H,6H2,(H,15,17)(H,16,18). The summed E-state index contributed by atoms with van der Waals surface area (Å²) in [5, 5.41) is 8.85. The number of carbonyl (C=O) groups is 3. The number of hydrogen-bond acceptors (Lipinski definition) is 4. The summed E-state index contributed by atoms with van der Waals surface area (Å²) >= 11 is 1.45. The molecule has 20 heavy (non-hydrogen) atoms. The first-order chi connectivity index (χ1) is 9.63. The van der Waals surface area contributed by atoms with Gasteiger partial charge in [0, 0.05) is 16.5 Å². The summed E-state index contributed by atoms with van der Waals surface area (Å²) in [6.07, 6.45) is -0.220. The maximum Gasteiger partial charge on any atom is 0.233 e. The van der Waals surface area contributed by atoms with Gasteiger partial charge in [-0.15, -0.1) is 0 Å². The second-order valence-corrected chi connectivity index (χ2v) is 5.15. The first kappa shape index (κ1) is 12.6. The highest BCUT2D eigenvalue weighted by atomic mass is 32.1. The molecule has 0 saturated carbocycles. The van der Waals surface area contributed by atoms with Crippen molar-refractivity contribution in [2.45, 2.75) is 6.42 Å². The number of fused-ring (bicyclic) bond motifs is 1. The molecule has 0 fully saturated rings. The Kier molecular flexibility index (Phi) is 3.08. The molecular weight excluding hydrogens is 276 g/mol. The lowest BCUT2D eigenvalue weighted by atomic mass is 10.0. The molecule has 1 aromatic heterocycles. The van der Waals surface area contributed by atoms with Crippen LogP contribution in [0.4, 0.5) is 11.4 Å². The molecule has 6 heteroatoms. The molecule has 3 rings (SSSR count). The zero-order valence-corrected chi connectivity index (χ0v) is 11.1. The topological polar surface area (TPSA) is 75.3 Å². The van der Waals surface area contributed by atoms with E-state index in [1.165, 1.54) is 11.3 Å². The molecule has 2 amide bonds. The summed E-state index contributed by atoms with van der Waals surface area (Å²) in [5.74, 6) is -0.863. The van der Waals surface area contributed by atoms with Crippen molar-refractivity contribution >= 4 is 40.3 Å². The molecule has 0 spiro atoms. The molecule has 0 atom stereocenters. The minimum atomic E-state index is -0.388. The van der Waals surface area contributed by atoms with E-state index in [0.29, 0.717) is 22.5 Å². The average Bonchev–Trinajstić information content (AvgIpc) is 2.88. The summed E-state index contributed by atoms with van der Waals surface area (Å²) < 4.78 is 0. The normalized spacial score (nSPS) is 14.0. The van der Waals surface area contributed by atoms with Crippen molar-refractivity contribution in [3.63, 3.8) is 0 Å². The van der Waals surface area contributed by atoms with E-state index in [1.807, 2.05) is 5.38 Å². The zero-order valence-electron chi connectivity index (χ0n) is 10.3. The van der Waals surface area contributed by atoms with Crippen LogP contribution in [-0.2, 0) is 9.59 Å². The number of rotatable bonds is 2. The third-order valence-corrected chi connectivity index (χ3v) is 3.62. The van der Waals surface area contributed by atoms with Crippen molar-refractivity contribution in [3.05, 3.63) is 46.2 Å². The molecule has 2 heterocycles. The van der Waals surface area contributed by atoms with E-state index in [1.54, 1.807) is 29.6 Å². The minimum Gasteiger partial charge on any atom is -0.324 e. The smallest absolute Gasteiger partial charge is 0.233 e. The number of ketones is 1. The van der Waals surface area contributed by atoms with Gasteiger partial charge in [0.25, 0.3) is 0 Å². The third kappa shape index (κ3) is 2.33. The van der Waals surface area contributed by atoms with Crippen molar-refractivity contribution in [1.29, 1.82) is 0 Å². The number of carbonyl (C=O) groups excluding carboxylic acids is 3. The lowest BCUT2D eigenvalue weighted by Crippen LogP contribution is -2.16. The van der Waals surface area contributed by atoms with Crippen LogP contribution in [0, 0.1) is 0 Å². The first-order valence-electron chi connectivity index (χ1n) is 5.94. The van der Waals surface area contributed by atoms with Crippen LogP contribution in [0.5, 0.6) is 0 Å². The molecular formula is C14H10N2O3S. The maximum atomic E-state index is 12.2. The lowest BCUT2D eigenvalue weighted by molar-refractivity contribution is -0.123. The average molecular weight is 286 g/mol. The molecule has 0 bridgehead atoms. The van der Waals surface area contributed by atoms with Crippen molar-refractivity contribution in [3.8, 4) is 0 Å². The van der Waals surface area contributed by atoms with Gasteiger partial charge in [0.15, 0.2) is 5.78 Å². The highest BCUT2D eigenvalue weighted by Gasteiger charge is 2.19. The van der Waals surface area contributed by atoms with Gasteiger partial charge in [-0.05, 0) is 29.6 Å². The van der Waals surface area contributed by atoms with Gasteiger partial charge in [0.1, 0.15) is 6.42 Å². The van der Waals surface area contributed by atoms with Crippen LogP contribution in [0.2, 0.25) is 0 Å². The summed E-state index contributed by atoms with van der Waals surface area (Å²) in [7, 11) is 0. The van der Waals surface area contributed by atoms with Gasteiger partial charge in [0.2, 0.25) is 11.8 Å². The van der Waals surface area contributed by atoms with Crippen LogP contribution in [0.25, 0.3) is 0 Å². The van der Waals surface area contributed by atoms with Gasteiger partial charge in [-0.1, -0.05) is 0 Å². The number of hydrogen-bond donors (Lipinski definition) is 2. The molecule has 0 aliphatic carbocycles.